The van der Waals surface area contributed by atoms with E-state index in [1.54, 1.807) is 24.7 Å². The Morgan fingerprint density at radius 1 is 1.09 bits per heavy atom. The normalized spacial score (nSPS) is 8.00. The van der Waals surface area contributed by atoms with Gasteiger partial charge in [0.05, 0.1) is 0 Å². The van der Waals surface area contributed by atoms with Crippen LogP contribution in [0.15, 0.2) is 36.4 Å². The summed E-state index contributed by atoms with van der Waals surface area (Å²) in [6.07, 6.45) is 6.59. The standard InChI is InChI=1S/C4H4N2.C3H2NS/c1-2-5-4-6-3-1;1-2-5-3-4-1/h1-4H;1-2H. The van der Waals surface area contributed by atoms with E-state index in [1.165, 1.54) is 17.7 Å². The zero-order chi connectivity index (χ0) is 7.78. The number of aromatic nitrogens is 3. The highest BCUT2D eigenvalue weighted by molar-refractivity contribution is 7.06. The minimum atomic E-state index is 1.48. The van der Waals surface area contributed by atoms with E-state index in [2.05, 4.69) is 20.5 Å². The predicted molar refractivity (Wildman–Crippen MR) is 43.0 cm³/mol. The van der Waals surface area contributed by atoms with Crippen LogP contribution in [-0.2, 0) is 0 Å². The van der Waals surface area contributed by atoms with Crippen LogP contribution in [0, 0.1) is 5.51 Å². The molecule has 2 heterocycles. The Bertz CT molecular complexity index is 200. The maximum Gasteiger partial charge on any atom is 0.152 e. The van der Waals surface area contributed by atoms with Gasteiger partial charge in [0.2, 0.25) is 0 Å². The highest BCUT2D eigenvalue weighted by Gasteiger charge is 1.61. The lowest BCUT2D eigenvalue weighted by Gasteiger charge is -1.70. The molecule has 3 nitrogen and oxygen atoms in total. The van der Waals surface area contributed by atoms with Gasteiger partial charge in [-0.3, -0.25) is 0 Å². The Morgan fingerprint density at radius 2 is 1.91 bits per heavy atom. The largest absolute Gasteiger partial charge is 0.245 e. The molecule has 1 radical (unpaired) electrons. The van der Waals surface area contributed by atoms with Crippen LogP contribution in [0.5, 0.6) is 0 Å². The smallest absolute Gasteiger partial charge is 0.152 e. The highest BCUT2D eigenvalue weighted by Crippen LogP contribution is 1.84. The Hall–Kier alpha value is -1.29. The SMILES string of the molecule is [c]1nccs1.c1cncnc1. The van der Waals surface area contributed by atoms with E-state index in [1.807, 2.05) is 5.38 Å². The van der Waals surface area contributed by atoms with E-state index in [0.29, 0.717) is 0 Å². The fraction of sp³-hybridized carbons (Fsp3) is 0. The van der Waals surface area contributed by atoms with Crippen LogP contribution < -0.4 is 0 Å². The van der Waals surface area contributed by atoms with Crippen molar-refractivity contribution >= 4 is 11.3 Å². The molecule has 0 unspecified atom stereocenters. The minimum Gasteiger partial charge on any atom is -0.245 e. The molecule has 55 valence electrons. The van der Waals surface area contributed by atoms with Crippen LogP contribution in [0.2, 0.25) is 0 Å². The van der Waals surface area contributed by atoms with Crippen molar-refractivity contribution in [2.75, 3.05) is 0 Å². The first-order valence-corrected chi connectivity index (χ1v) is 3.83. The molecule has 4 heteroatoms. The predicted octanol–water partition coefficient (Wildman–Crippen LogP) is 1.42. The first-order valence-electron chi connectivity index (χ1n) is 2.95. The Morgan fingerprint density at radius 3 is 2.09 bits per heavy atom. The molecule has 0 aliphatic carbocycles. The molecule has 0 aliphatic heterocycles. The maximum absolute atomic E-state index is 3.67. The third kappa shape index (κ3) is 4.16. The van der Waals surface area contributed by atoms with Gasteiger partial charge in [0, 0.05) is 24.0 Å². The zero-order valence-corrected chi connectivity index (χ0v) is 6.53. The van der Waals surface area contributed by atoms with Crippen LogP contribution in [0.4, 0.5) is 0 Å². The fourth-order valence-corrected chi connectivity index (χ4v) is 0.710. The van der Waals surface area contributed by atoms with Gasteiger partial charge in [-0.25, -0.2) is 15.0 Å². The summed E-state index contributed by atoms with van der Waals surface area (Å²) in [5.41, 5.74) is 2.65. The summed E-state index contributed by atoms with van der Waals surface area (Å²) in [6, 6.07) is 1.78. The van der Waals surface area contributed by atoms with Gasteiger partial charge in [-0.1, -0.05) is 0 Å². The van der Waals surface area contributed by atoms with Crippen molar-refractivity contribution in [1.29, 1.82) is 0 Å². The second-order valence-electron chi connectivity index (χ2n) is 1.53. The van der Waals surface area contributed by atoms with E-state index in [-0.39, 0.29) is 0 Å². The maximum atomic E-state index is 3.67. The quantitative estimate of drug-likeness (QED) is 0.591. The summed E-state index contributed by atoms with van der Waals surface area (Å²) in [7, 11) is 0. The molecule has 2 aromatic heterocycles. The van der Waals surface area contributed by atoms with Crippen molar-refractivity contribution in [3.05, 3.63) is 41.9 Å². The molecule has 0 fully saturated rings. The Balaban J connectivity index is 0.000000112. The van der Waals surface area contributed by atoms with Crippen LogP contribution in [0.1, 0.15) is 0 Å². The van der Waals surface area contributed by atoms with Gasteiger partial charge in [0.25, 0.3) is 0 Å². The molecule has 0 saturated carbocycles. The molecular formula is C7H6N3S. The van der Waals surface area contributed by atoms with Crippen molar-refractivity contribution in [2.45, 2.75) is 0 Å². The average molecular weight is 164 g/mol. The number of thiazole rings is 1. The fourth-order valence-electron chi connectivity index (χ4n) is 0.405. The van der Waals surface area contributed by atoms with Gasteiger partial charge < -0.3 is 0 Å². The molecule has 0 saturated heterocycles. The lowest BCUT2D eigenvalue weighted by Crippen LogP contribution is -1.66. The third-order valence-corrected chi connectivity index (χ3v) is 1.26. The average Bonchev–Trinajstić information content (AvgIpc) is 2.64. The van der Waals surface area contributed by atoms with Crippen LogP contribution in [0.3, 0.4) is 0 Å². The van der Waals surface area contributed by atoms with Crippen molar-refractivity contribution < 1.29 is 0 Å². The second-order valence-corrected chi connectivity index (χ2v) is 2.22. The molecule has 0 spiro atoms. The molecule has 11 heavy (non-hydrogen) atoms. The van der Waals surface area contributed by atoms with Crippen molar-refractivity contribution in [3.63, 3.8) is 0 Å². The van der Waals surface area contributed by atoms with Crippen LogP contribution in [0.25, 0.3) is 0 Å². The summed E-state index contributed by atoms with van der Waals surface area (Å²) < 4.78 is 0. The van der Waals surface area contributed by atoms with Gasteiger partial charge in [-0.15, -0.1) is 11.3 Å². The minimum absolute atomic E-state index is 1.48. The first-order chi connectivity index (χ1) is 5.50. The molecule has 0 aliphatic rings. The molecular weight excluding hydrogens is 158 g/mol. The number of hydrogen-bond acceptors (Lipinski definition) is 4. The first kappa shape index (κ1) is 7.81. The molecule has 0 amide bonds. The summed E-state index contributed by atoms with van der Waals surface area (Å²) in [5.74, 6) is 0. The molecule has 0 N–H and O–H groups in total. The monoisotopic (exact) mass is 164 g/mol. The van der Waals surface area contributed by atoms with Gasteiger partial charge >= 0.3 is 0 Å². The van der Waals surface area contributed by atoms with Crippen molar-refractivity contribution in [3.8, 4) is 0 Å². The highest BCUT2D eigenvalue weighted by atomic mass is 32.1. The van der Waals surface area contributed by atoms with E-state index in [9.17, 15) is 0 Å². The third-order valence-electron chi connectivity index (χ3n) is 0.786. The van der Waals surface area contributed by atoms with Gasteiger partial charge in [0.15, 0.2) is 5.51 Å². The zero-order valence-electron chi connectivity index (χ0n) is 5.71. The van der Waals surface area contributed by atoms with Crippen LogP contribution in [-0.4, -0.2) is 15.0 Å². The molecule has 0 atom stereocenters. The van der Waals surface area contributed by atoms with Gasteiger partial charge in [-0.05, 0) is 6.07 Å². The number of hydrogen-bond donors (Lipinski definition) is 0. The van der Waals surface area contributed by atoms with E-state index < -0.39 is 0 Å². The van der Waals surface area contributed by atoms with Gasteiger partial charge in [0.1, 0.15) is 6.33 Å². The van der Waals surface area contributed by atoms with Crippen LogP contribution >= 0.6 is 11.3 Å². The molecule has 2 aromatic rings. The second kappa shape index (κ2) is 5.49. The lowest BCUT2D eigenvalue weighted by atomic mass is 10.7. The van der Waals surface area contributed by atoms with Crippen molar-refractivity contribution in [2.24, 2.45) is 0 Å². The molecule has 0 aromatic carbocycles. The Kier molecular flexibility index (Phi) is 3.90. The summed E-state index contributed by atoms with van der Waals surface area (Å²) in [4.78, 5) is 11.0. The number of nitrogens with zero attached hydrogens (tertiary/aromatic N) is 3. The van der Waals surface area contributed by atoms with Crippen molar-refractivity contribution in [1.82, 2.24) is 15.0 Å². The Labute approximate surface area is 68.8 Å². The number of rotatable bonds is 0. The molecule has 0 bridgehead atoms. The van der Waals surface area contributed by atoms with Gasteiger partial charge in [-0.2, -0.15) is 0 Å². The van der Waals surface area contributed by atoms with E-state index >= 15 is 0 Å². The molecule has 2 rings (SSSR count). The summed E-state index contributed by atoms with van der Waals surface area (Å²) in [5, 5.41) is 1.88. The topological polar surface area (TPSA) is 38.7 Å². The summed E-state index contributed by atoms with van der Waals surface area (Å²) in [6.45, 7) is 0. The summed E-state index contributed by atoms with van der Waals surface area (Å²) >= 11 is 1.48. The van der Waals surface area contributed by atoms with E-state index in [4.69, 9.17) is 0 Å². The van der Waals surface area contributed by atoms with E-state index in [0.717, 1.165) is 0 Å². The lowest BCUT2D eigenvalue weighted by molar-refractivity contribution is 1.17.